The lowest BCUT2D eigenvalue weighted by molar-refractivity contribution is -0.121. The normalized spacial score (nSPS) is 10.3. The van der Waals surface area contributed by atoms with E-state index >= 15 is 0 Å². The van der Waals surface area contributed by atoms with Crippen molar-refractivity contribution in [3.63, 3.8) is 0 Å². The van der Waals surface area contributed by atoms with Crippen LogP contribution in [0.25, 0.3) is 0 Å². The summed E-state index contributed by atoms with van der Waals surface area (Å²) >= 11 is 11.6. The number of alkyl halides is 2. The van der Waals surface area contributed by atoms with Gasteiger partial charge in [-0.05, 0) is 30.5 Å². The summed E-state index contributed by atoms with van der Waals surface area (Å²) in [5.41, 5.74) is 4.46. The minimum Gasteiger partial charge on any atom is -0.369 e. The summed E-state index contributed by atoms with van der Waals surface area (Å²) in [6.07, 6.45) is 2.09. The third-order valence-electron chi connectivity index (χ3n) is 3.04. The second-order valence-corrected chi connectivity index (χ2v) is 5.21. The van der Waals surface area contributed by atoms with E-state index in [2.05, 4.69) is 34.6 Å². The Kier molecular flexibility index (Phi) is 8.42. The molecule has 1 rings (SSSR count). The van der Waals surface area contributed by atoms with E-state index in [-0.39, 0.29) is 5.91 Å². The molecule has 0 unspecified atom stereocenters. The Bertz CT molecular complexity index is 392. The van der Waals surface area contributed by atoms with Crippen molar-refractivity contribution in [1.82, 2.24) is 5.43 Å². The number of hydrogen-bond acceptors (Lipinski definition) is 3. The SMILES string of the molecule is NNC(=O)CCCc1ccc(N(CCCl)CCCl)cc1. The molecule has 0 fully saturated rings. The van der Waals surface area contributed by atoms with Crippen LogP contribution in [0, 0.1) is 0 Å². The van der Waals surface area contributed by atoms with Gasteiger partial charge in [0.25, 0.3) is 0 Å². The molecule has 6 heteroatoms. The number of carbonyl (C=O) groups excluding carboxylic acids is 1. The van der Waals surface area contributed by atoms with Crippen molar-refractivity contribution in [3.05, 3.63) is 29.8 Å². The quantitative estimate of drug-likeness (QED) is 0.318. The molecule has 0 aromatic heterocycles. The van der Waals surface area contributed by atoms with Gasteiger partial charge in [-0.1, -0.05) is 12.1 Å². The number of hydrogen-bond donors (Lipinski definition) is 2. The van der Waals surface area contributed by atoms with Crippen molar-refractivity contribution in [1.29, 1.82) is 0 Å². The molecule has 1 aromatic carbocycles. The zero-order chi connectivity index (χ0) is 14.8. The molecule has 4 nitrogen and oxygen atoms in total. The van der Waals surface area contributed by atoms with Gasteiger partial charge in [-0.3, -0.25) is 10.2 Å². The van der Waals surface area contributed by atoms with Crippen molar-refractivity contribution in [2.45, 2.75) is 19.3 Å². The molecule has 0 aliphatic rings. The number of rotatable bonds is 9. The Balaban J connectivity index is 2.51. The third-order valence-corrected chi connectivity index (χ3v) is 3.38. The predicted octanol–water partition coefficient (Wildman–Crippen LogP) is 2.28. The first-order chi connectivity index (χ1) is 9.71. The third kappa shape index (κ3) is 5.99. The number of hydrazine groups is 1. The molecule has 0 atom stereocenters. The van der Waals surface area contributed by atoms with Crippen LogP contribution < -0.4 is 16.2 Å². The lowest BCUT2D eigenvalue weighted by atomic mass is 10.1. The molecule has 0 saturated heterocycles. The molecule has 0 saturated carbocycles. The molecule has 3 N–H and O–H groups in total. The first kappa shape index (κ1) is 17.1. The Labute approximate surface area is 130 Å². The average Bonchev–Trinajstić information content (AvgIpc) is 2.47. The first-order valence-corrected chi connectivity index (χ1v) is 7.73. The maximum atomic E-state index is 11.0. The van der Waals surface area contributed by atoms with Gasteiger partial charge < -0.3 is 4.90 Å². The molecule has 0 aliphatic carbocycles. The zero-order valence-electron chi connectivity index (χ0n) is 11.4. The van der Waals surface area contributed by atoms with Crippen LogP contribution in [0.15, 0.2) is 24.3 Å². The molecule has 0 radical (unpaired) electrons. The highest BCUT2D eigenvalue weighted by atomic mass is 35.5. The fourth-order valence-electron chi connectivity index (χ4n) is 1.97. The number of nitrogens with two attached hydrogens (primary N) is 1. The van der Waals surface area contributed by atoms with E-state index in [1.54, 1.807) is 0 Å². The van der Waals surface area contributed by atoms with Gasteiger partial charge >= 0.3 is 0 Å². The molecule has 0 bridgehead atoms. The highest BCUT2D eigenvalue weighted by Crippen LogP contribution is 2.16. The van der Waals surface area contributed by atoms with Gasteiger partial charge in [0.2, 0.25) is 5.91 Å². The molecule has 0 spiro atoms. The summed E-state index contributed by atoms with van der Waals surface area (Å²) in [5.74, 6) is 6.06. The van der Waals surface area contributed by atoms with Crippen LogP contribution in [0.3, 0.4) is 0 Å². The molecular weight excluding hydrogens is 297 g/mol. The standard InChI is InChI=1S/C14H21Cl2N3O/c15-8-10-19(11-9-16)13-6-4-12(5-7-13)2-1-3-14(20)18-17/h4-7H,1-3,8-11,17H2,(H,18,20). The number of halogens is 2. The molecule has 1 amide bonds. The van der Waals surface area contributed by atoms with Gasteiger partial charge in [-0.25, -0.2) is 5.84 Å². The van der Waals surface area contributed by atoms with Crippen LogP contribution in [0.5, 0.6) is 0 Å². The van der Waals surface area contributed by atoms with Gasteiger partial charge in [-0.15, -0.1) is 23.2 Å². The van der Waals surface area contributed by atoms with Crippen molar-refractivity contribution < 1.29 is 4.79 Å². The molecule has 1 aromatic rings. The van der Waals surface area contributed by atoms with Gasteiger partial charge in [0.1, 0.15) is 0 Å². The number of nitrogens with zero attached hydrogens (tertiary/aromatic N) is 1. The number of amides is 1. The fourth-order valence-corrected chi connectivity index (χ4v) is 2.38. The topological polar surface area (TPSA) is 58.4 Å². The van der Waals surface area contributed by atoms with E-state index in [9.17, 15) is 4.79 Å². The van der Waals surface area contributed by atoms with Crippen molar-refractivity contribution in [2.75, 3.05) is 29.7 Å². The van der Waals surface area contributed by atoms with Crippen LogP contribution in [-0.4, -0.2) is 30.8 Å². The average molecular weight is 318 g/mol. The lowest BCUT2D eigenvalue weighted by Gasteiger charge is -2.23. The number of aryl methyl sites for hydroxylation is 1. The van der Waals surface area contributed by atoms with Gasteiger partial charge in [0.05, 0.1) is 0 Å². The summed E-state index contributed by atoms with van der Waals surface area (Å²) in [4.78, 5) is 13.2. The van der Waals surface area contributed by atoms with E-state index in [0.717, 1.165) is 31.6 Å². The van der Waals surface area contributed by atoms with E-state index in [0.29, 0.717) is 18.2 Å². The number of anilines is 1. The molecule has 112 valence electrons. The van der Waals surface area contributed by atoms with Crippen LogP contribution in [-0.2, 0) is 11.2 Å². The number of carbonyl (C=O) groups is 1. The summed E-state index contributed by atoms with van der Waals surface area (Å²) in [6.45, 7) is 1.56. The van der Waals surface area contributed by atoms with E-state index in [1.807, 2.05) is 0 Å². The minimum atomic E-state index is -0.128. The number of benzene rings is 1. The van der Waals surface area contributed by atoms with E-state index in [1.165, 1.54) is 5.56 Å². The van der Waals surface area contributed by atoms with Crippen LogP contribution in [0.1, 0.15) is 18.4 Å². The summed E-state index contributed by atoms with van der Waals surface area (Å²) in [6, 6.07) is 8.28. The summed E-state index contributed by atoms with van der Waals surface area (Å²) < 4.78 is 0. The van der Waals surface area contributed by atoms with Crippen LogP contribution in [0.4, 0.5) is 5.69 Å². The maximum Gasteiger partial charge on any atom is 0.233 e. The second kappa shape index (κ2) is 9.86. The highest BCUT2D eigenvalue weighted by Gasteiger charge is 2.05. The van der Waals surface area contributed by atoms with Gasteiger partial charge in [-0.2, -0.15) is 0 Å². The Morgan fingerprint density at radius 1 is 1.15 bits per heavy atom. The van der Waals surface area contributed by atoms with Crippen molar-refractivity contribution in [2.24, 2.45) is 5.84 Å². The van der Waals surface area contributed by atoms with Gasteiger partial charge in [0.15, 0.2) is 0 Å². The smallest absolute Gasteiger partial charge is 0.233 e. The second-order valence-electron chi connectivity index (χ2n) is 4.45. The lowest BCUT2D eigenvalue weighted by Crippen LogP contribution is -2.29. The molecule has 0 aliphatic heterocycles. The Hall–Kier alpha value is -0.970. The van der Waals surface area contributed by atoms with Crippen molar-refractivity contribution in [3.8, 4) is 0 Å². The maximum absolute atomic E-state index is 11.0. The van der Waals surface area contributed by atoms with Crippen molar-refractivity contribution >= 4 is 34.8 Å². The molecule has 20 heavy (non-hydrogen) atoms. The zero-order valence-corrected chi connectivity index (χ0v) is 13.0. The summed E-state index contributed by atoms with van der Waals surface area (Å²) in [5, 5.41) is 0. The molecular formula is C14H21Cl2N3O. The Morgan fingerprint density at radius 2 is 1.75 bits per heavy atom. The van der Waals surface area contributed by atoms with E-state index in [4.69, 9.17) is 29.0 Å². The largest absolute Gasteiger partial charge is 0.369 e. The minimum absolute atomic E-state index is 0.128. The number of nitrogens with one attached hydrogen (secondary N) is 1. The van der Waals surface area contributed by atoms with Crippen LogP contribution in [0.2, 0.25) is 0 Å². The predicted molar refractivity (Wildman–Crippen MR) is 85.4 cm³/mol. The molecule has 0 heterocycles. The highest BCUT2D eigenvalue weighted by molar-refractivity contribution is 6.18. The Morgan fingerprint density at radius 3 is 2.25 bits per heavy atom. The van der Waals surface area contributed by atoms with Crippen LogP contribution >= 0.6 is 23.2 Å². The first-order valence-electron chi connectivity index (χ1n) is 6.66. The monoisotopic (exact) mass is 317 g/mol. The fraction of sp³-hybridized carbons (Fsp3) is 0.500. The van der Waals surface area contributed by atoms with Gasteiger partial charge in [0, 0.05) is 37.0 Å². The summed E-state index contributed by atoms with van der Waals surface area (Å²) in [7, 11) is 0. The van der Waals surface area contributed by atoms with E-state index < -0.39 is 0 Å².